The van der Waals surface area contributed by atoms with Crippen LogP contribution in [0.1, 0.15) is 49.5 Å². The van der Waals surface area contributed by atoms with Crippen molar-refractivity contribution in [1.82, 2.24) is 10.0 Å². The van der Waals surface area contributed by atoms with Crippen molar-refractivity contribution in [1.29, 1.82) is 0 Å². The van der Waals surface area contributed by atoms with E-state index in [-0.39, 0.29) is 0 Å². The summed E-state index contributed by atoms with van der Waals surface area (Å²) in [6.45, 7) is 6.36. The molecule has 2 N–H and O–H groups in total. The topological polar surface area (TPSA) is 58.2 Å². The summed E-state index contributed by atoms with van der Waals surface area (Å²) in [6.07, 6.45) is 5.82. The third kappa shape index (κ3) is 5.36. The van der Waals surface area contributed by atoms with Crippen molar-refractivity contribution >= 4 is 21.4 Å². The van der Waals surface area contributed by atoms with Crippen LogP contribution in [-0.4, -0.2) is 21.5 Å². The molecule has 0 bridgehead atoms. The van der Waals surface area contributed by atoms with Crippen LogP contribution in [0.15, 0.2) is 10.3 Å². The quantitative estimate of drug-likeness (QED) is 0.648. The van der Waals surface area contributed by atoms with Crippen molar-refractivity contribution in [3.8, 4) is 0 Å². The summed E-state index contributed by atoms with van der Waals surface area (Å²) in [5, 5.41) is 3.32. The highest BCUT2D eigenvalue weighted by atomic mass is 32.2. The SMILES string of the molecule is CCCNCc1sc(S(=O)(=O)NCCCC2CC2)cc1C. The van der Waals surface area contributed by atoms with Crippen LogP contribution in [0, 0.1) is 12.8 Å². The molecule has 0 unspecified atom stereocenters. The van der Waals surface area contributed by atoms with Gasteiger partial charge in [0, 0.05) is 18.0 Å². The molecule has 0 amide bonds. The first-order valence-corrected chi connectivity index (χ1v) is 10.1. The van der Waals surface area contributed by atoms with Gasteiger partial charge in [0.25, 0.3) is 0 Å². The lowest BCUT2D eigenvalue weighted by Crippen LogP contribution is -2.24. The van der Waals surface area contributed by atoms with Crippen LogP contribution in [0.25, 0.3) is 0 Å². The number of thiophene rings is 1. The van der Waals surface area contributed by atoms with E-state index in [1.807, 2.05) is 6.92 Å². The second-order valence-electron chi connectivity index (χ2n) is 5.83. The van der Waals surface area contributed by atoms with Crippen molar-refractivity contribution in [2.75, 3.05) is 13.1 Å². The highest BCUT2D eigenvalue weighted by Crippen LogP contribution is 2.33. The molecule has 0 spiro atoms. The summed E-state index contributed by atoms with van der Waals surface area (Å²) >= 11 is 1.38. The molecule has 1 aromatic heterocycles. The Labute approximate surface area is 132 Å². The minimum absolute atomic E-state index is 0.444. The van der Waals surface area contributed by atoms with Crippen molar-refractivity contribution in [2.45, 2.75) is 56.7 Å². The van der Waals surface area contributed by atoms with Gasteiger partial charge in [-0.05, 0) is 50.3 Å². The van der Waals surface area contributed by atoms with Crippen molar-refractivity contribution < 1.29 is 8.42 Å². The molecule has 1 aliphatic rings. The van der Waals surface area contributed by atoms with E-state index in [0.717, 1.165) is 48.7 Å². The molecule has 1 aromatic rings. The molecule has 0 atom stereocenters. The lowest BCUT2D eigenvalue weighted by Gasteiger charge is -2.04. The Kier molecular flexibility index (Phi) is 6.22. The molecule has 1 heterocycles. The van der Waals surface area contributed by atoms with Gasteiger partial charge < -0.3 is 5.32 Å². The zero-order valence-electron chi connectivity index (χ0n) is 12.9. The van der Waals surface area contributed by atoms with Crippen LogP contribution in [0.2, 0.25) is 0 Å². The average Bonchev–Trinajstić information content (AvgIpc) is 3.18. The first-order chi connectivity index (χ1) is 10.0. The fraction of sp³-hybridized carbons (Fsp3) is 0.733. The van der Waals surface area contributed by atoms with Gasteiger partial charge in [0.15, 0.2) is 0 Å². The molecule has 1 saturated carbocycles. The number of nitrogens with one attached hydrogen (secondary N) is 2. The predicted molar refractivity (Wildman–Crippen MR) is 88.2 cm³/mol. The molecule has 0 aromatic carbocycles. The van der Waals surface area contributed by atoms with Crippen LogP contribution < -0.4 is 10.0 Å². The molecule has 0 aliphatic heterocycles. The summed E-state index contributed by atoms with van der Waals surface area (Å²) < 4.78 is 27.7. The van der Waals surface area contributed by atoms with Gasteiger partial charge in [-0.3, -0.25) is 0 Å². The van der Waals surface area contributed by atoms with Crippen LogP contribution in [0.4, 0.5) is 0 Å². The van der Waals surface area contributed by atoms with E-state index in [9.17, 15) is 8.42 Å². The molecular formula is C15H26N2O2S2. The molecule has 1 fully saturated rings. The first kappa shape index (κ1) is 16.9. The number of aryl methyl sites for hydroxylation is 1. The van der Waals surface area contributed by atoms with E-state index in [0.29, 0.717) is 10.8 Å². The van der Waals surface area contributed by atoms with E-state index in [4.69, 9.17) is 0 Å². The summed E-state index contributed by atoms with van der Waals surface area (Å²) in [5.41, 5.74) is 1.06. The van der Waals surface area contributed by atoms with Gasteiger partial charge in [-0.15, -0.1) is 11.3 Å². The van der Waals surface area contributed by atoms with Gasteiger partial charge in [-0.2, -0.15) is 0 Å². The summed E-state index contributed by atoms with van der Waals surface area (Å²) in [7, 11) is -3.33. The van der Waals surface area contributed by atoms with Gasteiger partial charge in [-0.25, -0.2) is 13.1 Å². The van der Waals surface area contributed by atoms with Crippen molar-refractivity contribution in [3.05, 3.63) is 16.5 Å². The standard InChI is InChI=1S/C15H26N2O2S2/c1-3-8-16-11-14-12(2)10-15(20-14)21(18,19)17-9-4-5-13-6-7-13/h10,13,16-17H,3-9,11H2,1-2H3. The molecule has 0 radical (unpaired) electrons. The van der Waals surface area contributed by atoms with Crippen LogP contribution in [-0.2, 0) is 16.6 Å². The zero-order chi connectivity index (χ0) is 15.3. The Balaban J connectivity index is 1.87. The van der Waals surface area contributed by atoms with Gasteiger partial charge in [0.2, 0.25) is 10.0 Å². The largest absolute Gasteiger partial charge is 0.312 e. The number of hydrogen-bond donors (Lipinski definition) is 2. The lowest BCUT2D eigenvalue weighted by atomic mass is 10.2. The third-order valence-corrected chi connectivity index (χ3v) is 6.93. The molecule has 21 heavy (non-hydrogen) atoms. The van der Waals surface area contributed by atoms with Gasteiger partial charge in [0.05, 0.1) is 0 Å². The zero-order valence-corrected chi connectivity index (χ0v) is 14.6. The van der Waals surface area contributed by atoms with E-state index >= 15 is 0 Å². The molecule has 6 heteroatoms. The van der Waals surface area contributed by atoms with Crippen molar-refractivity contribution in [2.24, 2.45) is 5.92 Å². The Morgan fingerprint density at radius 1 is 1.33 bits per heavy atom. The van der Waals surface area contributed by atoms with Gasteiger partial charge in [-0.1, -0.05) is 19.8 Å². The molecule has 1 aliphatic carbocycles. The molecule has 120 valence electrons. The maximum absolute atomic E-state index is 12.3. The fourth-order valence-corrected chi connectivity index (χ4v) is 4.93. The molecule has 4 nitrogen and oxygen atoms in total. The van der Waals surface area contributed by atoms with E-state index < -0.39 is 10.0 Å². The highest BCUT2D eigenvalue weighted by molar-refractivity contribution is 7.91. The summed E-state index contributed by atoms with van der Waals surface area (Å²) in [4.78, 5) is 1.11. The summed E-state index contributed by atoms with van der Waals surface area (Å²) in [6, 6.07) is 1.79. The van der Waals surface area contributed by atoms with E-state index in [1.54, 1.807) is 6.07 Å². The Morgan fingerprint density at radius 2 is 2.10 bits per heavy atom. The van der Waals surface area contributed by atoms with Gasteiger partial charge >= 0.3 is 0 Å². The minimum atomic E-state index is -3.33. The average molecular weight is 331 g/mol. The third-order valence-electron chi connectivity index (χ3n) is 3.75. The number of hydrogen-bond acceptors (Lipinski definition) is 4. The Hall–Kier alpha value is -0.430. The number of rotatable bonds is 10. The smallest absolute Gasteiger partial charge is 0.250 e. The Morgan fingerprint density at radius 3 is 2.76 bits per heavy atom. The fourth-order valence-electron chi connectivity index (χ4n) is 2.25. The first-order valence-electron chi connectivity index (χ1n) is 7.82. The normalized spacial score (nSPS) is 15.5. The molecule has 2 rings (SSSR count). The van der Waals surface area contributed by atoms with Crippen LogP contribution in [0.5, 0.6) is 0 Å². The minimum Gasteiger partial charge on any atom is -0.312 e. The second kappa shape index (κ2) is 7.72. The summed E-state index contributed by atoms with van der Waals surface area (Å²) in [5.74, 6) is 0.856. The van der Waals surface area contributed by atoms with E-state index in [1.165, 1.54) is 24.2 Å². The molecular weight excluding hydrogens is 304 g/mol. The maximum atomic E-state index is 12.3. The monoisotopic (exact) mass is 330 g/mol. The van der Waals surface area contributed by atoms with Crippen LogP contribution >= 0.6 is 11.3 Å². The molecule has 0 saturated heterocycles. The van der Waals surface area contributed by atoms with Gasteiger partial charge in [0.1, 0.15) is 4.21 Å². The van der Waals surface area contributed by atoms with Crippen LogP contribution in [0.3, 0.4) is 0 Å². The van der Waals surface area contributed by atoms with Crippen molar-refractivity contribution in [3.63, 3.8) is 0 Å². The number of sulfonamides is 1. The Bertz CT molecular complexity index is 548. The lowest BCUT2D eigenvalue weighted by molar-refractivity contribution is 0.574. The van der Waals surface area contributed by atoms with E-state index in [2.05, 4.69) is 17.0 Å². The maximum Gasteiger partial charge on any atom is 0.250 e. The predicted octanol–water partition coefficient (Wildman–Crippen LogP) is 3.02. The highest BCUT2D eigenvalue weighted by Gasteiger charge is 2.21. The second-order valence-corrected chi connectivity index (χ2v) is 8.96.